The first-order valence-electron chi connectivity index (χ1n) is 6.90. The van der Waals surface area contributed by atoms with Crippen LogP contribution in [0, 0.1) is 0 Å². The Hall–Kier alpha value is -2.63. The second-order valence-electron chi connectivity index (χ2n) is 4.64. The van der Waals surface area contributed by atoms with Gasteiger partial charge in [0.15, 0.2) is 5.65 Å². The largest absolute Gasteiger partial charge is 0.497 e. The standard InChI is InChI=1S/C15H17N5O/c1-3-7-16-14-13-9-19-20(15(13)18-10-17-14)11-5-4-6-12(8-11)21-2/h4-6,8-10H,3,7H2,1-2H3,(H,16,17,18). The average molecular weight is 283 g/mol. The molecule has 3 rings (SSSR count). The Morgan fingerprint density at radius 2 is 2.19 bits per heavy atom. The summed E-state index contributed by atoms with van der Waals surface area (Å²) in [5.74, 6) is 1.60. The summed E-state index contributed by atoms with van der Waals surface area (Å²) >= 11 is 0. The number of nitrogens with zero attached hydrogens (tertiary/aromatic N) is 4. The monoisotopic (exact) mass is 283 g/mol. The average Bonchev–Trinajstić information content (AvgIpc) is 2.97. The van der Waals surface area contributed by atoms with Gasteiger partial charge in [-0.15, -0.1) is 0 Å². The second kappa shape index (κ2) is 5.78. The van der Waals surface area contributed by atoms with Crippen LogP contribution in [-0.4, -0.2) is 33.4 Å². The molecular formula is C15H17N5O. The van der Waals surface area contributed by atoms with Crippen molar-refractivity contribution in [3.63, 3.8) is 0 Å². The Kier molecular flexibility index (Phi) is 3.68. The summed E-state index contributed by atoms with van der Waals surface area (Å²) in [6.07, 6.45) is 4.38. The Bertz CT molecular complexity index is 753. The summed E-state index contributed by atoms with van der Waals surface area (Å²) in [7, 11) is 1.65. The fourth-order valence-electron chi connectivity index (χ4n) is 2.16. The van der Waals surface area contributed by atoms with Gasteiger partial charge in [-0.05, 0) is 18.6 Å². The Morgan fingerprint density at radius 1 is 1.29 bits per heavy atom. The molecule has 0 aliphatic rings. The molecule has 0 aliphatic carbocycles. The van der Waals surface area contributed by atoms with Gasteiger partial charge in [0, 0.05) is 12.6 Å². The molecule has 0 saturated carbocycles. The zero-order valence-corrected chi connectivity index (χ0v) is 12.1. The van der Waals surface area contributed by atoms with Crippen LogP contribution in [0.15, 0.2) is 36.8 Å². The van der Waals surface area contributed by atoms with Gasteiger partial charge < -0.3 is 10.1 Å². The van der Waals surface area contributed by atoms with E-state index in [9.17, 15) is 0 Å². The molecule has 6 heteroatoms. The highest BCUT2D eigenvalue weighted by atomic mass is 16.5. The van der Waals surface area contributed by atoms with Crippen LogP contribution in [0.2, 0.25) is 0 Å². The third kappa shape index (κ3) is 2.52. The number of hydrogen-bond donors (Lipinski definition) is 1. The topological polar surface area (TPSA) is 64.9 Å². The van der Waals surface area contributed by atoms with Crippen LogP contribution >= 0.6 is 0 Å². The van der Waals surface area contributed by atoms with Crippen molar-refractivity contribution in [2.45, 2.75) is 13.3 Å². The number of aromatic nitrogens is 4. The van der Waals surface area contributed by atoms with E-state index in [0.717, 1.165) is 41.3 Å². The molecule has 1 N–H and O–H groups in total. The van der Waals surface area contributed by atoms with Crippen LogP contribution in [0.5, 0.6) is 5.75 Å². The molecule has 0 radical (unpaired) electrons. The highest BCUT2D eigenvalue weighted by Gasteiger charge is 2.11. The molecule has 2 aromatic heterocycles. The molecule has 0 amide bonds. The minimum absolute atomic E-state index is 0.775. The molecule has 2 heterocycles. The number of methoxy groups -OCH3 is 1. The summed E-state index contributed by atoms with van der Waals surface area (Å²) in [4.78, 5) is 8.64. The van der Waals surface area contributed by atoms with E-state index in [1.54, 1.807) is 24.3 Å². The summed E-state index contributed by atoms with van der Waals surface area (Å²) in [5.41, 5.74) is 1.68. The predicted molar refractivity (Wildman–Crippen MR) is 82.0 cm³/mol. The van der Waals surface area contributed by atoms with Crippen molar-refractivity contribution in [1.82, 2.24) is 19.7 Å². The number of nitrogens with one attached hydrogen (secondary N) is 1. The summed E-state index contributed by atoms with van der Waals surface area (Å²) in [6.45, 7) is 2.99. The van der Waals surface area contributed by atoms with E-state index in [1.165, 1.54) is 0 Å². The van der Waals surface area contributed by atoms with Crippen LogP contribution < -0.4 is 10.1 Å². The van der Waals surface area contributed by atoms with E-state index < -0.39 is 0 Å². The van der Waals surface area contributed by atoms with Gasteiger partial charge in [0.05, 0.1) is 24.4 Å². The minimum Gasteiger partial charge on any atom is -0.497 e. The predicted octanol–water partition coefficient (Wildman–Crippen LogP) is 2.65. The quantitative estimate of drug-likeness (QED) is 0.780. The first kappa shape index (κ1) is 13.4. The van der Waals surface area contributed by atoms with Gasteiger partial charge in [-0.3, -0.25) is 0 Å². The van der Waals surface area contributed by atoms with Gasteiger partial charge in [-0.25, -0.2) is 14.6 Å². The van der Waals surface area contributed by atoms with Crippen molar-refractivity contribution in [3.8, 4) is 11.4 Å². The SMILES string of the molecule is CCCNc1ncnc2c1cnn2-c1cccc(OC)c1. The highest BCUT2D eigenvalue weighted by molar-refractivity contribution is 5.87. The van der Waals surface area contributed by atoms with Crippen LogP contribution in [0.3, 0.4) is 0 Å². The van der Waals surface area contributed by atoms with E-state index >= 15 is 0 Å². The summed E-state index contributed by atoms with van der Waals surface area (Å²) in [6, 6.07) is 7.72. The number of hydrogen-bond acceptors (Lipinski definition) is 5. The van der Waals surface area contributed by atoms with Gasteiger partial charge in [0.25, 0.3) is 0 Å². The van der Waals surface area contributed by atoms with Crippen molar-refractivity contribution >= 4 is 16.9 Å². The fourth-order valence-corrected chi connectivity index (χ4v) is 2.16. The van der Waals surface area contributed by atoms with Crippen molar-refractivity contribution in [2.24, 2.45) is 0 Å². The van der Waals surface area contributed by atoms with Gasteiger partial charge in [-0.2, -0.15) is 5.10 Å². The molecule has 3 aromatic rings. The fraction of sp³-hybridized carbons (Fsp3) is 0.267. The molecule has 0 saturated heterocycles. The normalized spacial score (nSPS) is 10.8. The van der Waals surface area contributed by atoms with E-state index in [0.29, 0.717) is 0 Å². The van der Waals surface area contributed by atoms with Crippen molar-refractivity contribution in [2.75, 3.05) is 19.0 Å². The van der Waals surface area contributed by atoms with Crippen molar-refractivity contribution in [3.05, 3.63) is 36.8 Å². The number of fused-ring (bicyclic) bond motifs is 1. The molecule has 0 bridgehead atoms. The lowest BCUT2D eigenvalue weighted by Gasteiger charge is -2.06. The number of anilines is 1. The molecule has 1 aromatic carbocycles. The Balaban J connectivity index is 2.07. The highest BCUT2D eigenvalue weighted by Crippen LogP contribution is 2.23. The molecule has 21 heavy (non-hydrogen) atoms. The lowest BCUT2D eigenvalue weighted by molar-refractivity contribution is 0.414. The van der Waals surface area contributed by atoms with Gasteiger partial charge in [-0.1, -0.05) is 13.0 Å². The van der Waals surface area contributed by atoms with Crippen LogP contribution in [0.4, 0.5) is 5.82 Å². The second-order valence-corrected chi connectivity index (χ2v) is 4.64. The smallest absolute Gasteiger partial charge is 0.168 e. The van der Waals surface area contributed by atoms with Crippen molar-refractivity contribution < 1.29 is 4.74 Å². The third-order valence-electron chi connectivity index (χ3n) is 3.21. The van der Waals surface area contributed by atoms with Gasteiger partial charge >= 0.3 is 0 Å². The van der Waals surface area contributed by atoms with E-state index in [2.05, 4.69) is 27.3 Å². The van der Waals surface area contributed by atoms with E-state index in [1.807, 2.05) is 24.3 Å². The Labute approximate surface area is 122 Å². The maximum Gasteiger partial charge on any atom is 0.168 e. The molecule has 6 nitrogen and oxygen atoms in total. The Morgan fingerprint density at radius 3 is 3.00 bits per heavy atom. The molecular weight excluding hydrogens is 266 g/mol. The van der Waals surface area contributed by atoms with E-state index in [4.69, 9.17) is 4.74 Å². The molecule has 0 unspecified atom stereocenters. The van der Waals surface area contributed by atoms with Gasteiger partial charge in [0.2, 0.25) is 0 Å². The third-order valence-corrected chi connectivity index (χ3v) is 3.21. The molecule has 0 spiro atoms. The van der Waals surface area contributed by atoms with Crippen LogP contribution in [-0.2, 0) is 0 Å². The van der Waals surface area contributed by atoms with E-state index in [-0.39, 0.29) is 0 Å². The van der Waals surface area contributed by atoms with Gasteiger partial charge in [0.1, 0.15) is 17.9 Å². The molecule has 0 fully saturated rings. The zero-order valence-electron chi connectivity index (χ0n) is 12.1. The van der Waals surface area contributed by atoms with Crippen LogP contribution in [0.25, 0.3) is 16.7 Å². The molecule has 0 atom stereocenters. The summed E-state index contributed by atoms with van der Waals surface area (Å²) in [5, 5.41) is 8.63. The lowest BCUT2D eigenvalue weighted by atomic mass is 10.3. The minimum atomic E-state index is 0.775. The van der Waals surface area contributed by atoms with Crippen molar-refractivity contribution in [1.29, 1.82) is 0 Å². The number of ether oxygens (including phenoxy) is 1. The number of benzene rings is 1. The summed E-state index contributed by atoms with van der Waals surface area (Å²) < 4.78 is 7.04. The van der Waals surface area contributed by atoms with Crippen LogP contribution in [0.1, 0.15) is 13.3 Å². The number of rotatable bonds is 5. The maximum absolute atomic E-state index is 5.26. The molecule has 108 valence electrons. The first-order chi connectivity index (χ1) is 10.3. The first-order valence-corrected chi connectivity index (χ1v) is 6.90. The lowest BCUT2D eigenvalue weighted by Crippen LogP contribution is -2.03. The molecule has 0 aliphatic heterocycles. The zero-order chi connectivity index (χ0) is 14.7. The maximum atomic E-state index is 5.26.